The summed E-state index contributed by atoms with van der Waals surface area (Å²) in [4.78, 5) is 11.3. The first-order chi connectivity index (χ1) is 13.7. The molecule has 1 heterocycles. The van der Waals surface area contributed by atoms with Crippen LogP contribution < -0.4 is 9.47 Å². The monoisotopic (exact) mass is 371 g/mol. The second-order valence-electron chi connectivity index (χ2n) is 6.65. The number of hydrogen-bond acceptors (Lipinski definition) is 3. The van der Waals surface area contributed by atoms with Crippen molar-refractivity contribution in [1.82, 2.24) is 4.57 Å². The van der Waals surface area contributed by atoms with Gasteiger partial charge in [-0.15, -0.1) is 0 Å². The van der Waals surface area contributed by atoms with Gasteiger partial charge in [-0.2, -0.15) is 0 Å². The fourth-order valence-electron chi connectivity index (χ4n) is 3.25. The zero-order valence-corrected chi connectivity index (χ0v) is 15.7. The molecule has 0 amide bonds. The van der Waals surface area contributed by atoms with Crippen molar-refractivity contribution in [3.8, 4) is 11.5 Å². The molecule has 0 radical (unpaired) electrons. The molecule has 0 aliphatic heterocycles. The van der Waals surface area contributed by atoms with Gasteiger partial charge in [-0.1, -0.05) is 48.5 Å². The van der Waals surface area contributed by atoms with E-state index in [0.717, 1.165) is 27.8 Å². The molecule has 0 saturated carbocycles. The number of nitrogens with zero attached hydrogens (tertiary/aromatic N) is 1. The number of hydrogen-bond donors (Lipinski definition) is 0. The maximum absolute atomic E-state index is 11.3. The summed E-state index contributed by atoms with van der Waals surface area (Å²) in [5.74, 6) is 1.12. The second-order valence-corrected chi connectivity index (χ2v) is 6.65. The van der Waals surface area contributed by atoms with Gasteiger partial charge in [0.25, 0.3) is 0 Å². The first-order valence-corrected chi connectivity index (χ1v) is 9.21. The lowest BCUT2D eigenvalue weighted by atomic mass is 10.2. The zero-order valence-electron chi connectivity index (χ0n) is 15.7. The Labute approximate surface area is 163 Å². The topological polar surface area (TPSA) is 40.5 Å². The van der Waals surface area contributed by atoms with E-state index in [1.54, 1.807) is 0 Å². The molecule has 28 heavy (non-hydrogen) atoms. The Kier molecular flexibility index (Phi) is 5.11. The van der Waals surface area contributed by atoms with E-state index >= 15 is 0 Å². The van der Waals surface area contributed by atoms with Gasteiger partial charge < -0.3 is 14.0 Å². The number of carbonyl (C=O) groups is 1. The van der Waals surface area contributed by atoms with Crippen molar-refractivity contribution in [3.63, 3.8) is 0 Å². The molecule has 1 aromatic heterocycles. The minimum absolute atomic E-state index is 0.316. The summed E-state index contributed by atoms with van der Waals surface area (Å²) in [5, 5.41) is 0.925. The number of fused-ring (bicyclic) bond motifs is 1. The van der Waals surface area contributed by atoms with Crippen LogP contribution in [0.15, 0.2) is 85.1 Å². The zero-order chi connectivity index (χ0) is 19.3. The Morgan fingerprint density at radius 3 is 2.50 bits per heavy atom. The highest BCUT2D eigenvalue weighted by molar-refractivity contribution is 5.88. The molecule has 0 N–H and O–H groups in total. The molecule has 4 rings (SSSR count). The quantitative estimate of drug-likeness (QED) is 0.346. The largest absolute Gasteiger partial charge is 0.489 e. The summed E-state index contributed by atoms with van der Waals surface area (Å²) < 4.78 is 13.4. The van der Waals surface area contributed by atoms with Crippen LogP contribution in [0.5, 0.6) is 11.5 Å². The fourth-order valence-corrected chi connectivity index (χ4v) is 3.25. The molecule has 3 aromatic carbocycles. The van der Waals surface area contributed by atoms with Gasteiger partial charge in [0, 0.05) is 25.1 Å². The van der Waals surface area contributed by atoms with Gasteiger partial charge in [-0.3, -0.25) is 4.79 Å². The van der Waals surface area contributed by atoms with Crippen molar-refractivity contribution in [3.05, 3.63) is 96.2 Å². The third-order valence-corrected chi connectivity index (χ3v) is 4.53. The van der Waals surface area contributed by atoms with Crippen LogP contribution in [0.4, 0.5) is 0 Å². The van der Waals surface area contributed by atoms with Crippen molar-refractivity contribution in [2.75, 3.05) is 0 Å². The van der Waals surface area contributed by atoms with Crippen LogP contribution in [0.25, 0.3) is 10.9 Å². The van der Waals surface area contributed by atoms with E-state index in [1.807, 2.05) is 60.8 Å². The van der Waals surface area contributed by atoms with Gasteiger partial charge >= 0.3 is 5.97 Å². The second kappa shape index (κ2) is 8.01. The highest BCUT2D eigenvalue weighted by atomic mass is 16.5. The Morgan fingerprint density at radius 1 is 0.893 bits per heavy atom. The summed E-state index contributed by atoms with van der Waals surface area (Å²) in [6, 6.07) is 26.0. The lowest BCUT2D eigenvalue weighted by molar-refractivity contribution is -0.131. The minimum atomic E-state index is -0.316. The first-order valence-electron chi connectivity index (χ1n) is 9.21. The first kappa shape index (κ1) is 17.9. The van der Waals surface area contributed by atoms with E-state index in [1.165, 1.54) is 6.92 Å². The molecule has 0 fully saturated rings. The molecular formula is C24H21NO3. The summed E-state index contributed by atoms with van der Waals surface area (Å²) in [7, 11) is 0. The average molecular weight is 371 g/mol. The predicted octanol–water partition coefficient (Wildman–Crippen LogP) is 5.19. The van der Waals surface area contributed by atoms with Crippen molar-refractivity contribution in [2.45, 2.75) is 20.1 Å². The van der Waals surface area contributed by atoms with Crippen molar-refractivity contribution in [2.24, 2.45) is 0 Å². The van der Waals surface area contributed by atoms with E-state index < -0.39 is 0 Å². The van der Waals surface area contributed by atoms with Gasteiger partial charge in [0.2, 0.25) is 0 Å². The third-order valence-electron chi connectivity index (χ3n) is 4.53. The normalized spacial score (nSPS) is 10.8. The summed E-state index contributed by atoms with van der Waals surface area (Å²) in [6.45, 7) is 2.66. The Balaban J connectivity index is 1.52. The maximum Gasteiger partial charge on any atom is 0.308 e. The van der Waals surface area contributed by atoms with Crippen LogP contribution in [0, 0.1) is 0 Å². The van der Waals surface area contributed by atoms with Crippen molar-refractivity contribution in [1.29, 1.82) is 0 Å². The van der Waals surface area contributed by atoms with Gasteiger partial charge in [-0.05, 0) is 41.5 Å². The molecule has 4 heteroatoms. The van der Waals surface area contributed by atoms with Gasteiger partial charge in [-0.25, -0.2) is 0 Å². The van der Waals surface area contributed by atoms with Crippen LogP contribution in [0.2, 0.25) is 0 Å². The molecule has 0 spiro atoms. The average Bonchev–Trinajstić information content (AvgIpc) is 3.11. The van der Waals surface area contributed by atoms with Crippen LogP contribution in [0.3, 0.4) is 0 Å². The molecule has 0 saturated heterocycles. The summed E-state index contributed by atoms with van der Waals surface area (Å²) in [5.41, 5.74) is 3.30. The number of rotatable bonds is 6. The lowest BCUT2D eigenvalue weighted by Crippen LogP contribution is -2.02. The highest BCUT2D eigenvalue weighted by Gasteiger charge is 2.09. The van der Waals surface area contributed by atoms with Crippen LogP contribution >= 0.6 is 0 Å². The smallest absolute Gasteiger partial charge is 0.308 e. The van der Waals surface area contributed by atoms with Crippen LogP contribution in [0.1, 0.15) is 18.1 Å². The number of carbonyl (C=O) groups excluding carboxylic acids is 1. The van der Waals surface area contributed by atoms with E-state index in [2.05, 4.69) is 28.8 Å². The number of aromatic nitrogens is 1. The van der Waals surface area contributed by atoms with Crippen LogP contribution in [-0.2, 0) is 17.9 Å². The Hall–Kier alpha value is -3.53. The summed E-state index contributed by atoms with van der Waals surface area (Å²) in [6.07, 6.45) is 2.01. The Morgan fingerprint density at radius 2 is 1.68 bits per heavy atom. The maximum atomic E-state index is 11.3. The van der Waals surface area contributed by atoms with Gasteiger partial charge in [0.05, 0.1) is 5.52 Å². The highest BCUT2D eigenvalue weighted by Crippen LogP contribution is 2.27. The van der Waals surface area contributed by atoms with E-state index in [-0.39, 0.29) is 5.97 Å². The Bertz CT molecular complexity index is 1100. The third kappa shape index (κ3) is 4.07. The molecular weight excluding hydrogens is 350 g/mol. The van der Waals surface area contributed by atoms with Crippen molar-refractivity contribution < 1.29 is 14.3 Å². The molecule has 0 aliphatic carbocycles. The fraction of sp³-hybridized carbons (Fsp3) is 0.125. The minimum Gasteiger partial charge on any atom is -0.489 e. The molecule has 140 valence electrons. The lowest BCUT2D eigenvalue weighted by Gasteiger charge is -2.10. The number of benzene rings is 3. The van der Waals surface area contributed by atoms with E-state index in [4.69, 9.17) is 9.47 Å². The van der Waals surface area contributed by atoms with Crippen molar-refractivity contribution >= 4 is 16.9 Å². The van der Waals surface area contributed by atoms with Gasteiger partial charge in [0.15, 0.2) is 0 Å². The van der Waals surface area contributed by atoms with E-state index in [9.17, 15) is 4.79 Å². The number of esters is 1. The van der Waals surface area contributed by atoms with E-state index in [0.29, 0.717) is 18.9 Å². The standard InChI is InChI=1S/C24H21NO3/c1-18(26)28-24-12-6-11-23-22(24)13-14-25(23)16-20-9-5-10-21(15-20)27-17-19-7-3-2-4-8-19/h2-15H,16-17H2,1H3. The van der Waals surface area contributed by atoms with Crippen LogP contribution in [-0.4, -0.2) is 10.5 Å². The molecule has 4 nitrogen and oxygen atoms in total. The molecule has 4 aromatic rings. The van der Waals surface area contributed by atoms with Gasteiger partial charge in [0.1, 0.15) is 18.1 Å². The molecule has 0 atom stereocenters. The molecule has 0 bridgehead atoms. The SMILES string of the molecule is CC(=O)Oc1cccc2c1ccn2Cc1cccc(OCc2ccccc2)c1. The molecule has 0 aliphatic rings. The predicted molar refractivity (Wildman–Crippen MR) is 110 cm³/mol. The molecule has 0 unspecified atom stereocenters. The number of ether oxygens (including phenoxy) is 2. The summed E-state index contributed by atoms with van der Waals surface area (Å²) >= 11 is 0.